The third-order valence-corrected chi connectivity index (χ3v) is 1.44. The lowest BCUT2D eigenvalue weighted by molar-refractivity contribution is 0.194. The predicted molar refractivity (Wildman–Crippen MR) is 38.7 cm³/mol. The lowest BCUT2D eigenvalue weighted by Gasteiger charge is -1.98. The molecular formula is C7H12N2O. The summed E-state index contributed by atoms with van der Waals surface area (Å²) in [6.45, 7) is 5.49. The highest BCUT2D eigenvalue weighted by atomic mass is 16.3. The number of aryl methyl sites for hydroxylation is 2. The molecule has 0 radical (unpaired) electrons. The monoisotopic (exact) mass is 140 g/mol. The molecule has 3 nitrogen and oxygen atoms in total. The summed E-state index contributed by atoms with van der Waals surface area (Å²) >= 11 is 0. The maximum atomic E-state index is 9.14. The van der Waals surface area contributed by atoms with Gasteiger partial charge in [0.2, 0.25) is 0 Å². The third kappa shape index (κ3) is 1.19. The van der Waals surface area contributed by atoms with Crippen molar-refractivity contribution in [3.8, 4) is 0 Å². The number of nitrogens with one attached hydrogen (secondary N) is 1. The van der Waals surface area contributed by atoms with Gasteiger partial charge in [0.1, 0.15) is 5.82 Å². The quantitative estimate of drug-likeness (QED) is 0.613. The fourth-order valence-electron chi connectivity index (χ4n) is 1.03. The van der Waals surface area contributed by atoms with Crippen LogP contribution in [0.3, 0.4) is 0 Å². The molecule has 56 valence electrons. The Balaban J connectivity index is 3.03. The summed E-state index contributed by atoms with van der Waals surface area (Å²) < 4.78 is 0. The van der Waals surface area contributed by atoms with E-state index in [4.69, 9.17) is 5.11 Å². The molecule has 0 saturated carbocycles. The van der Waals surface area contributed by atoms with E-state index in [1.807, 2.05) is 13.8 Å². The number of aromatic nitrogens is 2. The minimum Gasteiger partial charge on any atom is -0.387 e. The van der Waals surface area contributed by atoms with Gasteiger partial charge in [-0.2, -0.15) is 0 Å². The first-order valence-electron chi connectivity index (χ1n) is 3.32. The summed E-state index contributed by atoms with van der Waals surface area (Å²) in [7, 11) is 0. The van der Waals surface area contributed by atoms with Gasteiger partial charge >= 0.3 is 0 Å². The van der Waals surface area contributed by atoms with Crippen LogP contribution in [0.1, 0.15) is 30.2 Å². The first-order chi connectivity index (χ1) is 4.61. The molecule has 10 heavy (non-hydrogen) atoms. The van der Waals surface area contributed by atoms with E-state index in [1.54, 1.807) is 6.92 Å². The van der Waals surface area contributed by atoms with Gasteiger partial charge in [-0.25, -0.2) is 4.98 Å². The number of hydrogen-bond donors (Lipinski definition) is 2. The zero-order chi connectivity index (χ0) is 7.72. The number of H-pyrrole nitrogens is 1. The molecular weight excluding hydrogens is 128 g/mol. The number of aliphatic hydroxyl groups is 1. The van der Waals surface area contributed by atoms with Crippen molar-refractivity contribution in [2.75, 3.05) is 0 Å². The maximum Gasteiger partial charge on any atom is 0.103 e. The van der Waals surface area contributed by atoms with Crippen LogP contribution in [0, 0.1) is 13.8 Å². The second-order valence-corrected chi connectivity index (χ2v) is 2.51. The summed E-state index contributed by atoms with van der Waals surface area (Å²) in [5.41, 5.74) is 1.70. The molecule has 1 aromatic heterocycles. The minimum atomic E-state index is -0.468. The average molecular weight is 140 g/mol. The highest BCUT2D eigenvalue weighted by molar-refractivity contribution is 5.14. The first kappa shape index (κ1) is 7.28. The number of nitrogens with zero attached hydrogens (tertiary/aromatic N) is 1. The Bertz CT molecular complexity index is 228. The number of hydrogen-bond acceptors (Lipinski definition) is 2. The van der Waals surface area contributed by atoms with Gasteiger partial charge < -0.3 is 10.1 Å². The van der Waals surface area contributed by atoms with Gasteiger partial charge in [-0.05, 0) is 20.8 Å². The van der Waals surface area contributed by atoms with Crippen LogP contribution in [-0.4, -0.2) is 15.1 Å². The molecule has 0 aliphatic rings. The van der Waals surface area contributed by atoms with Crippen molar-refractivity contribution < 1.29 is 5.11 Å². The van der Waals surface area contributed by atoms with E-state index in [0.29, 0.717) is 0 Å². The normalized spacial score (nSPS) is 13.6. The molecule has 0 saturated heterocycles. The van der Waals surface area contributed by atoms with E-state index in [2.05, 4.69) is 9.97 Å². The summed E-state index contributed by atoms with van der Waals surface area (Å²) in [6, 6.07) is 0. The van der Waals surface area contributed by atoms with Crippen LogP contribution >= 0.6 is 0 Å². The molecule has 3 heteroatoms. The van der Waals surface area contributed by atoms with Crippen LogP contribution in [0.4, 0.5) is 0 Å². The standard InChI is InChI=1S/C7H12N2O/c1-4-7(5(2)10)9-6(3)8-4/h5,10H,1-3H3,(H,8,9). The molecule has 1 aromatic rings. The van der Waals surface area contributed by atoms with Crippen molar-refractivity contribution in [3.05, 3.63) is 17.2 Å². The van der Waals surface area contributed by atoms with E-state index in [9.17, 15) is 0 Å². The molecule has 1 atom stereocenters. The van der Waals surface area contributed by atoms with Crippen molar-refractivity contribution in [2.24, 2.45) is 0 Å². The van der Waals surface area contributed by atoms with Crippen LogP contribution in [0.2, 0.25) is 0 Å². The molecule has 0 aromatic carbocycles. The van der Waals surface area contributed by atoms with Crippen LogP contribution in [0.5, 0.6) is 0 Å². The van der Waals surface area contributed by atoms with E-state index >= 15 is 0 Å². The Morgan fingerprint density at radius 3 is 2.30 bits per heavy atom. The van der Waals surface area contributed by atoms with E-state index in [1.165, 1.54) is 0 Å². The molecule has 0 aliphatic carbocycles. The summed E-state index contributed by atoms with van der Waals surface area (Å²) in [4.78, 5) is 7.12. The zero-order valence-electron chi connectivity index (χ0n) is 6.47. The summed E-state index contributed by atoms with van der Waals surface area (Å²) in [6.07, 6.45) is -0.468. The molecule has 1 heterocycles. The van der Waals surface area contributed by atoms with Crippen molar-refractivity contribution in [1.82, 2.24) is 9.97 Å². The van der Waals surface area contributed by atoms with Gasteiger partial charge in [0.15, 0.2) is 0 Å². The first-order valence-corrected chi connectivity index (χ1v) is 3.32. The number of rotatable bonds is 1. The lowest BCUT2D eigenvalue weighted by Crippen LogP contribution is -1.93. The Labute approximate surface area is 60.1 Å². The SMILES string of the molecule is Cc1nc(C(C)O)c(C)[nH]1. The topological polar surface area (TPSA) is 48.9 Å². The molecule has 0 fully saturated rings. The molecule has 1 rings (SSSR count). The van der Waals surface area contributed by atoms with Gasteiger partial charge in [0.25, 0.3) is 0 Å². The van der Waals surface area contributed by atoms with E-state index in [-0.39, 0.29) is 0 Å². The smallest absolute Gasteiger partial charge is 0.103 e. The third-order valence-electron chi connectivity index (χ3n) is 1.44. The molecule has 0 bridgehead atoms. The van der Waals surface area contributed by atoms with Gasteiger partial charge in [0, 0.05) is 5.69 Å². The molecule has 0 amide bonds. The lowest BCUT2D eigenvalue weighted by atomic mass is 10.2. The number of aliphatic hydroxyl groups excluding tert-OH is 1. The van der Waals surface area contributed by atoms with Crippen molar-refractivity contribution >= 4 is 0 Å². The highest BCUT2D eigenvalue weighted by Gasteiger charge is 2.07. The van der Waals surface area contributed by atoms with Gasteiger partial charge in [-0.15, -0.1) is 0 Å². The molecule has 2 N–H and O–H groups in total. The second kappa shape index (κ2) is 2.42. The Hall–Kier alpha value is -0.830. The average Bonchev–Trinajstić information content (AvgIpc) is 2.10. The summed E-state index contributed by atoms with van der Waals surface area (Å²) in [5, 5.41) is 9.14. The van der Waals surface area contributed by atoms with Crippen LogP contribution < -0.4 is 0 Å². The molecule has 0 spiro atoms. The molecule has 1 unspecified atom stereocenters. The van der Waals surface area contributed by atoms with Crippen LogP contribution in [0.25, 0.3) is 0 Å². The Morgan fingerprint density at radius 1 is 1.50 bits per heavy atom. The number of imidazole rings is 1. The fourth-order valence-corrected chi connectivity index (χ4v) is 1.03. The Kier molecular flexibility index (Phi) is 1.76. The second-order valence-electron chi connectivity index (χ2n) is 2.51. The largest absolute Gasteiger partial charge is 0.387 e. The maximum absolute atomic E-state index is 9.14. The summed E-state index contributed by atoms with van der Waals surface area (Å²) in [5.74, 6) is 0.855. The van der Waals surface area contributed by atoms with Crippen LogP contribution in [-0.2, 0) is 0 Å². The van der Waals surface area contributed by atoms with Crippen LogP contribution in [0.15, 0.2) is 0 Å². The van der Waals surface area contributed by atoms with E-state index < -0.39 is 6.10 Å². The number of aromatic amines is 1. The predicted octanol–water partition coefficient (Wildman–Crippen LogP) is 1.08. The van der Waals surface area contributed by atoms with E-state index in [0.717, 1.165) is 17.2 Å². The van der Waals surface area contributed by atoms with Crippen molar-refractivity contribution in [1.29, 1.82) is 0 Å². The highest BCUT2D eigenvalue weighted by Crippen LogP contribution is 2.12. The van der Waals surface area contributed by atoms with Crippen molar-refractivity contribution in [2.45, 2.75) is 26.9 Å². The zero-order valence-corrected chi connectivity index (χ0v) is 6.47. The van der Waals surface area contributed by atoms with Crippen molar-refractivity contribution in [3.63, 3.8) is 0 Å². The van der Waals surface area contributed by atoms with Gasteiger partial charge in [0.05, 0.1) is 11.8 Å². The fraction of sp³-hybridized carbons (Fsp3) is 0.571. The van der Waals surface area contributed by atoms with Gasteiger partial charge in [-0.1, -0.05) is 0 Å². The minimum absolute atomic E-state index is 0.468. The molecule has 0 aliphatic heterocycles. The Morgan fingerprint density at radius 2 is 2.10 bits per heavy atom. The van der Waals surface area contributed by atoms with Gasteiger partial charge in [-0.3, -0.25) is 0 Å².